The van der Waals surface area contributed by atoms with E-state index in [0.717, 1.165) is 25.9 Å². The van der Waals surface area contributed by atoms with Crippen LogP contribution < -0.4 is 10.6 Å². The number of nitrogens with zero attached hydrogens (tertiary/aromatic N) is 2. The van der Waals surface area contributed by atoms with E-state index < -0.39 is 0 Å². The topological polar surface area (TPSA) is 59.0 Å². The number of hydrogen-bond acceptors (Lipinski definition) is 3. The minimum absolute atomic E-state index is 0. The van der Waals surface area contributed by atoms with Gasteiger partial charge in [-0.15, -0.1) is 12.4 Å². The molecule has 0 aliphatic carbocycles. The molecule has 1 aromatic heterocycles. The van der Waals surface area contributed by atoms with Crippen LogP contribution in [0.4, 0.5) is 0 Å². The summed E-state index contributed by atoms with van der Waals surface area (Å²) in [6, 6.07) is 1.92. The third-order valence-electron chi connectivity index (χ3n) is 3.31. The fraction of sp³-hybridized carbons (Fsp3) is 0.692. The molecular formula is C13H23ClN4O. The van der Waals surface area contributed by atoms with Crippen molar-refractivity contribution >= 4 is 18.3 Å². The van der Waals surface area contributed by atoms with Gasteiger partial charge in [0, 0.05) is 25.5 Å². The Morgan fingerprint density at radius 3 is 3.05 bits per heavy atom. The van der Waals surface area contributed by atoms with Crippen molar-refractivity contribution in [3.63, 3.8) is 0 Å². The van der Waals surface area contributed by atoms with Crippen molar-refractivity contribution in [2.24, 2.45) is 5.92 Å². The molecule has 2 heterocycles. The summed E-state index contributed by atoms with van der Waals surface area (Å²) in [6.07, 6.45) is 7.01. The first-order chi connectivity index (χ1) is 8.75. The van der Waals surface area contributed by atoms with Crippen LogP contribution in [-0.2, 0) is 11.3 Å². The third kappa shape index (κ3) is 5.20. The first-order valence-electron chi connectivity index (χ1n) is 6.74. The van der Waals surface area contributed by atoms with Gasteiger partial charge in [0.2, 0.25) is 5.91 Å². The standard InChI is InChI=1S/C13H22N4O.ClH/c1-11(10-17-8-4-7-16-17)9-15-13(18)12-5-2-3-6-14-12;/h4,7-8,11-12,14H,2-3,5-6,9-10H2,1H3,(H,15,18);1H. The van der Waals surface area contributed by atoms with Crippen LogP contribution in [0.5, 0.6) is 0 Å². The van der Waals surface area contributed by atoms with Crippen molar-refractivity contribution in [1.29, 1.82) is 0 Å². The molecule has 0 saturated carbocycles. The molecule has 6 heteroatoms. The van der Waals surface area contributed by atoms with E-state index >= 15 is 0 Å². The fourth-order valence-corrected chi connectivity index (χ4v) is 2.27. The van der Waals surface area contributed by atoms with Crippen LogP contribution in [0.3, 0.4) is 0 Å². The van der Waals surface area contributed by atoms with E-state index in [1.165, 1.54) is 6.42 Å². The second kappa shape index (κ2) is 8.17. The van der Waals surface area contributed by atoms with Gasteiger partial charge in [-0.25, -0.2) is 0 Å². The first kappa shape index (κ1) is 16.0. The number of halogens is 1. The van der Waals surface area contributed by atoms with E-state index in [1.54, 1.807) is 6.20 Å². The SMILES string of the molecule is CC(CNC(=O)C1CCCCN1)Cn1cccn1.Cl. The summed E-state index contributed by atoms with van der Waals surface area (Å²) in [6.45, 7) is 4.62. The molecule has 19 heavy (non-hydrogen) atoms. The van der Waals surface area contributed by atoms with Crippen molar-refractivity contribution in [3.8, 4) is 0 Å². The van der Waals surface area contributed by atoms with Gasteiger partial charge in [0.1, 0.15) is 0 Å². The van der Waals surface area contributed by atoms with Gasteiger partial charge in [-0.2, -0.15) is 5.10 Å². The summed E-state index contributed by atoms with van der Waals surface area (Å²) in [5, 5.41) is 10.4. The zero-order valence-corrected chi connectivity index (χ0v) is 12.2. The second-order valence-electron chi connectivity index (χ2n) is 5.08. The van der Waals surface area contributed by atoms with Gasteiger partial charge in [0.25, 0.3) is 0 Å². The highest BCUT2D eigenvalue weighted by Crippen LogP contribution is 2.07. The minimum atomic E-state index is 0. The summed E-state index contributed by atoms with van der Waals surface area (Å²) < 4.78 is 1.90. The summed E-state index contributed by atoms with van der Waals surface area (Å²) in [7, 11) is 0. The maximum absolute atomic E-state index is 11.9. The lowest BCUT2D eigenvalue weighted by Crippen LogP contribution is -2.47. The smallest absolute Gasteiger partial charge is 0.237 e. The Bertz CT molecular complexity index is 363. The zero-order valence-electron chi connectivity index (χ0n) is 11.3. The number of rotatable bonds is 5. The van der Waals surface area contributed by atoms with Crippen LogP contribution in [-0.4, -0.2) is 34.8 Å². The maximum atomic E-state index is 11.9. The van der Waals surface area contributed by atoms with E-state index in [9.17, 15) is 4.79 Å². The highest BCUT2D eigenvalue weighted by Gasteiger charge is 2.20. The number of nitrogens with one attached hydrogen (secondary N) is 2. The van der Waals surface area contributed by atoms with Crippen molar-refractivity contribution in [2.45, 2.75) is 38.8 Å². The predicted octanol–water partition coefficient (Wildman–Crippen LogP) is 1.20. The molecule has 1 aliphatic heterocycles. The fourth-order valence-electron chi connectivity index (χ4n) is 2.27. The van der Waals surface area contributed by atoms with E-state index in [2.05, 4.69) is 22.7 Å². The Hall–Kier alpha value is -1.07. The van der Waals surface area contributed by atoms with E-state index in [4.69, 9.17) is 0 Å². The Balaban J connectivity index is 0.00000180. The molecule has 2 atom stereocenters. The number of carbonyl (C=O) groups excluding carboxylic acids is 1. The van der Waals surface area contributed by atoms with Gasteiger partial charge < -0.3 is 10.6 Å². The number of carbonyl (C=O) groups is 1. The molecule has 1 aromatic rings. The van der Waals surface area contributed by atoms with Crippen molar-refractivity contribution in [2.75, 3.05) is 13.1 Å². The molecule has 108 valence electrons. The molecule has 2 N–H and O–H groups in total. The lowest BCUT2D eigenvalue weighted by Gasteiger charge is -2.23. The third-order valence-corrected chi connectivity index (χ3v) is 3.31. The normalized spacial score (nSPS) is 20.4. The molecule has 1 aliphatic rings. The highest BCUT2D eigenvalue weighted by molar-refractivity contribution is 5.85. The van der Waals surface area contributed by atoms with Gasteiger partial charge in [-0.3, -0.25) is 9.48 Å². The largest absolute Gasteiger partial charge is 0.354 e. The van der Waals surface area contributed by atoms with Crippen LogP contribution in [0.1, 0.15) is 26.2 Å². The Morgan fingerprint density at radius 2 is 2.42 bits per heavy atom. The molecule has 1 amide bonds. The number of aromatic nitrogens is 2. The molecule has 0 spiro atoms. The predicted molar refractivity (Wildman–Crippen MR) is 77.3 cm³/mol. The van der Waals surface area contributed by atoms with Gasteiger partial charge >= 0.3 is 0 Å². The lowest BCUT2D eigenvalue weighted by molar-refractivity contribution is -0.123. The average molecular weight is 287 g/mol. The Labute approximate surface area is 120 Å². The van der Waals surface area contributed by atoms with Gasteiger partial charge in [0.05, 0.1) is 6.04 Å². The number of hydrogen-bond donors (Lipinski definition) is 2. The molecule has 1 saturated heterocycles. The Kier molecular flexibility index (Phi) is 6.87. The van der Waals surface area contributed by atoms with Crippen LogP contribution in [0.25, 0.3) is 0 Å². The maximum Gasteiger partial charge on any atom is 0.237 e. The van der Waals surface area contributed by atoms with E-state index in [1.807, 2.05) is 16.9 Å². The van der Waals surface area contributed by atoms with E-state index in [-0.39, 0.29) is 24.4 Å². The van der Waals surface area contributed by atoms with Crippen LogP contribution >= 0.6 is 12.4 Å². The first-order valence-corrected chi connectivity index (χ1v) is 6.74. The Morgan fingerprint density at radius 1 is 1.58 bits per heavy atom. The van der Waals surface area contributed by atoms with Crippen LogP contribution in [0.2, 0.25) is 0 Å². The average Bonchev–Trinajstić information content (AvgIpc) is 2.90. The summed E-state index contributed by atoms with van der Waals surface area (Å²) in [5.74, 6) is 0.527. The quantitative estimate of drug-likeness (QED) is 0.855. The van der Waals surface area contributed by atoms with Gasteiger partial charge in [-0.05, 0) is 31.4 Å². The molecular weight excluding hydrogens is 264 g/mol. The summed E-state index contributed by atoms with van der Waals surface area (Å²) in [4.78, 5) is 11.9. The molecule has 5 nitrogen and oxygen atoms in total. The van der Waals surface area contributed by atoms with Crippen LogP contribution in [0.15, 0.2) is 18.5 Å². The molecule has 0 aromatic carbocycles. The lowest BCUT2D eigenvalue weighted by atomic mass is 10.0. The molecule has 2 unspecified atom stereocenters. The zero-order chi connectivity index (χ0) is 12.8. The minimum Gasteiger partial charge on any atom is -0.354 e. The number of piperidine rings is 1. The number of amides is 1. The van der Waals surface area contributed by atoms with Crippen molar-refractivity contribution in [3.05, 3.63) is 18.5 Å². The summed E-state index contributed by atoms with van der Waals surface area (Å²) >= 11 is 0. The molecule has 0 radical (unpaired) electrons. The highest BCUT2D eigenvalue weighted by atomic mass is 35.5. The van der Waals surface area contributed by atoms with E-state index in [0.29, 0.717) is 12.5 Å². The van der Waals surface area contributed by atoms with Crippen molar-refractivity contribution < 1.29 is 4.79 Å². The van der Waals surface area contributed by atoms with Crippen molar-refractivity contribution in [1.82, 2.24) is 20.4 Å². The molecule has 2 rings (SSSR count). The molecule has 0 bridgehead atoms. The second-order valence-corrected chi connectivity index (χ2v) is 5.08. The van der Waals surface area contributed by atoms with Crippen LogP contribution in [0, 0.1) is 5.92 Å². The monoisotopic (exact) mass is 286 g/mol. The van der Waals surface area contributed by atoms with Gasteiger partial charge in [-0.1, -0.05) is 13.3 Å². The molecule has 1 fully saturated rings. The van der Waals surface area contributed by atoms with Gasteiger partial charge in [0.15, 0.2) is 0 Å². The summed E-state index contributed by atoms with van der Waals surface area (Å²) in [5.41, 5.74) is 0.